The minimum atomic E-state index is -1.35. The number of hydrogen-bond donors (Lipinski definition) is 2. The number of aryl methyl sites for hydroxylation is 1. The van der Waals surface area contributed by atoms with E-state index in [2.05, 4.69) is 4.98 Å². The maximum Gasteiger partial charge on any atom is 0.414 e. The molecule has 2 fully saturated rings. The van der Waals surface area contributed by atoms with Crippen molar-refractivity contribution in [2.45, 2.75) is 57.3 Å². The molecule has 2 aliphatic heterocycles. The Kier molecular flexibility index (Phi) is 6.29. The Morgan fingerprint density at radius 3 is 2.67 bits per heavy atom. The molecule has 40 heavy (non-hydrogen) atoms. The minimum Gasteiger partial charge on any atom is -0.477 e. The molecule has 3 N–H and O–H groups in total. The lowest BCUT2D eigenvalue weighted by molar-refractivity contribution is -0.120. The summed E-state index contributed by atoms with van der Waals surface area (Å²) >= 11 is 0. The summed E-state index contributed by atoms with van der Waals surface area (Å²) in [5.74, 6) is -2.20. The SMILES string of the molecule is CC(=O)C(N)C1CN(c2ccc3c(c2)CCCN(c2nc4c(cc2F)c(=O)c(C(=O)O)cn4C2CC2)C3)C(=O)O1. The van der Waals surface area contributed by atoms with Crippen LogP contribution < -0.4 is 21.0 Å². The maximum absolute atomic E-state index is 15.5. The van der Waals surface area contributed by atoms with Crippen LogP contribution in [0.4, 0.5) is 20.7 Å². The van der Waals surface area contributed by atoms with Crippen molar-refractivity contribution in [1.82, 2.24) is 9.55 Å². The summed E-state index contributed by atoms with van der Waals surface area (Å²) in [5.41, 5.74) is 7.58. The van der Waals surface area contributed by atoms with Crippen LogP contribution in [0.5, 0.6) is 0 Å². The zero-order valence-corrected chi connectivity index (χ0v) is 21.8. The van der Waals surface area contributed by atoms with Crippen molar-refractivity contribution in [2.24, 2.45) is 5.73 Å². The summed E-state index contributed by atoms with van der Waals surface area (Å²) in [6.07, 6.45) is 3.06. The molecule has 4 heterocycles. The number of aromatic nitrogens is 2. The number of fused-ring (bicyclic) bond motifs is 2. The molecular formula is C28H28FN5O6. The van der Waals surface area contributed by atoms with Gasteiger partial charge in [0.1, 0.15) is 29.1 Å². The summed E-state index contributed by atoms with van der Waals surface area (Å²) in [4.78, 5) is 56.5. The summed E-state index contributed by atoms with van der Waals surface area (Å²) in [5, 5.41) is 9.43. The van der Waals surface area contributed by atoms with Crippen molar-refractivity contribution >= 4 is 40.4 Å². The number of Topliss-reactive ketones (excluding diaryl/α,β-unsaturated/α-hetero) is 1. The van der Waals surface area contributed by atoms with E-state index < -0.39 is 41.0 Å². The average Bonchev–Trinajstić information content (AvgIpc) is 3.72. The standard InChI is InChI=1S/C28H28FN5O6/c1-14(35)23(30)22-13-34(28(39)40-22)18-5-4-16-11-32(8-2-3-15(16)9-18)26-21(29)10-19-24(36)20(27(37)38)12-33(17-6-7-17)25(19)31-26/h4-5,9-10,12,17,22-23H,2-3,6-8,11,13,30H2,1H3,(H,37,38). The minimum absolute atomic E-state index is 0.0252. The largest absolute Gasteiger partial charge is 0.477 e. The van der Waals surface area contributed by atoms with Crippen LogP contribution in [0.15, 0.2) is 35.3 Å². The Morgan fingerprint density at radius 1 is 1.20 bits per heavy atom. The van der Waals surface area contributed by atoms with Crippen molar-refractivity contribution in [3.63, 3.8) is 0 Å². The van der Waals surface area contributed by atoms with Gasteiger partial charge in [-0.05, 0) is 61.9 Å². The molecule has 2 unspecified atom stereocenters. The quantitative estimate of drug-likeness (QED) is 0.473. The molecule has 12 heteroatoms. The van der Waals surface area contributed by atoms with E-state index >= 15 is 4.39 Å². The van der Waals surface area contributed by atoms with Gasteiger partial charge < -0.3 is 25.0 Å². The van der Waals surface area contributed by atoms with Crippen molar-refractivity contribution in [2.75, 3.05) is 22.9 Å². The van der Waals surface area contributed by atoms with Gasteiger partial charge in [0.2, 0.25) is 5.43 Å². The van der Waals surface area contributed by atoms with E-state index in [1.54, 1.807) is 10.6 Å². The number of nitrogens with two attached hydrogens (primary N) is 1. The molecule has 3 aliphatic rings. The van der Waals surface area contributed by atoms with E-state index in [0.717, 1.165) is 30.0 Å². The Bertz CT molecular complexity index is 1630. The van der Waals surface area contributed by atoms with Gasteiger partial charge in [0.05, 0.1) is 11.9 Å². The number of nitrogens with zero attached hydrogens (tertiary/aromatic N) is 4. The number of rotatable bonds is 6. The second kappa shape index (κ2) is 9.70. The molecule has 3 aromatic rings. The summed E-state index contributed by atoms with van der Waals surface area (Å²) in [6.45, 7) is 2.39. The maximum atomic E-state index is 15.5. The number of carbonyl (C=O) groups excluding carboxylic acids is 2. The molecule has 11 nitrogen and oxygen atoms in total. The molecule has 1 saturated carbocycles. The van der Waals surface area contributed by atoms with Crippen LogP contribution in [-0.2, 0) is 22.5 Å². The zero-order valence-electron chi connectivity index (χ0n) is 21.8. The van der Waals surface area contributed by atoms with Crippen LogP contribution in [0.1, 0.15) is 53.7 Å². The Hall–Kier alpha value is -4.32. The number of halogens is 1. The van der Waals surface area contributed by atoms with E-state index in [9.17, 15) is 24.3 Å². The van der Waals surface area contributed by atoms with E-state index in [1.807, 2.05) is 17.0 Å². The molecule has 1 aliphatic carbocycles. The fourth-order valence-electron chi connectivity index (χ4n) is 5.48. The number of pyridine rings is 2. The van der Waals surface area contributed by atoms with Crippen molar-refractivity contribution < 1.29 is 28.6 Å². The highest BCUT2D eigenvalue weighted by Gasteiger charge is 2.38. The Balaban J connectivity index is 1.31. The number of cyclic esters (lactones) is 1. The van der Waals surface area contributed by atoms with Crippen LogP contribution in [0.3, 0.4) is 0 Å². The van der Waals surface area contributed by atoms with Gasteiger partial charge in [-0.25, -0.2) is 19.0 Å². The molecule has 0 spiro atoms. The van der Waals surface area contributed by atoms with Gasteiger partial charge in [-0.2, -0.15) is 0 Å². The van der Waals surface area contributed by atoms with E-state index in [-0.39, 0.29) is 35.2 Å². The van der Waals surface area contributed by atoms with E-state index in [0.29, 0.717) is 31.6 Å². The van der Waals surface area contributed by atoms with Gasteiger partial charge in [0.25, 0.3) is 0 Å². The lowest BCUT2D eigenvalue weighted by atomic mass is 10.0. The first kappa shape index (κ1) is 25.9. The fraction of sp³-hybridized carbons (Fsp3) is 0.393. The number of carboxylic acid groups (broad SMARTS) is 1. The van der Waals surface area contributed by atoms with E-state index in [1.165, 1.54) is 18.0 Å². The van der Waals surface area contributed by atoms with Gasteiger partial charge in [-0.1, -0.05) is 6.07 Å². The van der Waals surface area contributed by atoms with Crippen LogP contribution in [0, 0.1) is 5.82 Å². The van der Waals surface area contributed by atoms with Crippen molar-refractivity contribution in [3.8, 4) is 0 Å². The first-order valence-corrected chi connectivity index (χ1v) is 13.2. The number of anilines is 2. The predicted molar refractivity (Wildman–Crippen MR) is 143 cm³/mol. The second-order valence-electron chi connectivity index (χ2n) is 10.6. The number of carboxylic acids is 1. The van der Waals surface area contributed by atoms with Crippen molar-refractivity contribution in [3.05, 3.63) is 63.2 Å². The molecule has 2 aromatic heterocycles. The number of benzene rings is 1. The topological polar surface area (TPSA) is 148 Å². The zero-order chi connectivity index (χ0) is 28.3. The van der Waals surface area contributed by atoms with Gasteiger partial charge in [0.15, 0.2) is 11.6 Å². The molecule has 1 aromatic carbocycles. The summed E-state index contributed by atoms with van der Waals surface area (Å²) in [6, 6.07) is 5.81. The van der Waals surface area contributed by atoms with Gasteiger partial charge in [0, 0.05) is 31.0 Å². The third-order valence-electron chi connectivity index (χ3n) is 7.85. The van der Waals surface area contributed by atoms with Gasteiger partial charge >= 0.3 is 12.1 Å². The number of ether oxygens (including phenoxy) is 1. The third-order valence-corrected chi connectivity index (χ3v) is 7.85. The predicted octanol–water partition coefficient (Wildman–Crippen LogP) is 2.76. The van der Waals surface area contributed by atoms with Gasteiger partial charge in [-0.3, -0.25) is 14.5 Å². The average molecular weight is 550 g/mol. The van der Waals surface area contributed by atoms with Crippen LogP contribution in [0.25, 0.3) is 11.0 Å². The smallest absolute Gasteiger partial charge is 0.414 e. The Morgan fingerprint density at radius 2 is 1.98 bits per heavy atom. The molecule has 0 bridgehead atoms. The van der Waals surface area contributed by atoms with E-state index in [4.69, 9.17) is 10.5 Å². The van der Waals surface area contributed by atoms with Crippen LogP contribution in [0.2, 0.25) is 0 Å². The fourth-order valence-corrected chi connectivity index (χ4v) is 5.48. The molecule has 208 valence electrons. The van der Waals surface area contributed by atoms with Crippen LogP contribution in [-0.4, -0.2) is 57.7 Å². The lowest BCUT2D eigenvalue weighted by Crippen LogP contribution is -2.43. The highest BCUT2D eigenvalue weighted by atomic mass is 19.1. The van der Waals surface area contributed by atoms with Gasteiger partial charge in [-0.15, -0.1) is 0 Å². The number of amides is 1. The third kappa shape index (κ3) is 4.47. The van der Waals surface area contributed by atoms with Crippen LogP contribution >= 0.6 is 0 Å². The first-order chi connectivity index (χ1) is 19.1. The summed E-state index contributed by atoms with van der Waals surface area (Å²) in [7, 11) is 0. The normalized spacial score (nSPS) is 19.8. The molecular weight excluding hydrogens is 521 g/mol. The molecule has 6 rings (SSSR count). The number of carbonyl (C=O) groups is 3. The second-order valence-corrected chi connectivity index (χ2v) is 10.6. The number of hydrogen-bond acceptors (Lipinski definition) is 8. The highest BCUT2D eigenvalue weighted by molar-refractivity contribution is 5.93. The molecule has 2 atom stereocenters. The monoisotopic (exact) mass is 549 g/mol. The molecule has 1 amide bonds. The Labute approximate surface area is 227 Å². The summed E-state index contributed by atoms with van der Waals surface area (Å²) < 4.78 is 22.5. The lowest BCUT2D eigenvalue weighted by Gasteiger charge is -2.24. The highest BCUT2D eigenvalue weighted by Crippen LogP contribution is 2.37. The molecule has 0 radical (unpaired) electrons. The molecule has 1 saturated heterocycles. The number of aromatic carboxylic acids is 1. The number of ketones is 1. The van der Waals surface area contributed by atoms with Crippen molar-refractivity contribution in [1.29, 1.82) is 0 Å². The first-order valence-electron chi connectivity index (χ1n) is 13.2.